The number of aromatic nitrogens is 1. The minimum absolute atomic E-state index is 0.615. The lowest BCUT2D eigenvalue weighted by Gasteiger charge is -2.22. The van der Waals surface area contributed by atoms with Gasteiger partial charge in [-0.2, -0.15) is 0 Å². The summed E-state index contributed by atoms with van der Waals surface area (Å²) < 4.78 is 0. The average molecular weight is 246 g/mol. The van der Waals surface area contributed by atoms with E-state index in [4.69, 9.17) is 0 Å². The van der Waals surface area contributed by atoms with Crippen LogP contribution in [-0.4, -0.2) is 41.6 Å². The van der Waals surface area contributed by atoms with Crippen molar-refractivity contribution in [3.05, 3.63) is 18.3 Å². The van der Waals surface area contributed by atoms with Crippen molar-refractivity contribution in [3.63, 3.8) is 0 Å². The lowest BCUT2D eigenvalue weighted by Crippen LogP contribution is -2.33. The number of hydrogen-bond donors (Lipinski definition) is 2. The minimum atomic E-state index is 0.615. The summed E-state index contributed by atoms with van der Waals surface area (Å²) in [6.45, 7) is 5.56. The number of rotatable bonds is 4. The first-order chi connectivity index (χ1) is 8.86. The summed E-state index contributed by atoms with van der Waals surface area (Å²) in [7, 11) is 0. The molecule has 0 spiro atoms. The van der Waals surface area contributed by atoms with Crippen molar-refractivity contribution >= 4 is 11.5 Å². The molecule has 3 rings (SSSR count). The first-order valence-electron chi connectivity index (χ1n) is 7.07. The molecule has 2 atom stereocenters. The zero-order chi connectivity index (χ0) is 12.4. The molecule has 0 bridgehead atoms. The molecule has 2 aliphatic rings. The normalized spacial score (nSPS) is 27.2. The number of fused-ring (bicyclic) bond motifs is 1. The quantitative estimate of drug-likeness (QED) is 0.854. The van der Waals surface area contributed by atoms with Crippen LogP contribution < -0.4 is 10.6 Å². The molecule has 98 valence electrons. The van der Waals surface area contributed by atoms with Gasteiger partial charge < -0.3 is 10.6 Å². The van der Waals surface area contributed by atoms with Crippen LogP contribution in [0.3, 0.4) is 0 Å². The summed E-state index contributed by atoms with van der Waals surface area (Å²) in [5.74, 6) is 0.962. The summed E-state index contributed by atoms with van der Waals surface area (Å²) >= 11 is 0. The Balaban J connectivity index is 1.67. The molecule has 3 heterocycles. The van der Waals surface area contributed by atoms with Gasteiger partial charge in [0, 0.05) is 43.1 Å². The van der Waals surface area contributed by atoms with Crippen molar-refractivity contribution in [2.24, 2.45) is 0 Å². The van der Waals surface area contributed by atoms with E-state index in [1.54, 1.807) is 0 Å². The van der Waals surface area contributed by atoms with Crippen molar-refractivity contribution in [1.29, 1.82) is 0 Å². The van der Waals surface area contributed by atoms with Gasteiger partial charge in [0.2, 0.25) is 0 Å². The smallest absolute Gasteiger partial charge is 0.127 e. The van der Waals surface area contributed by atoms with E-state index in [0.29, 0.717) is 6.04 Å². The maximum atomic E-state index is 4.31. The van der Waals surface area contributed by atoms with Gasteiger partial charge in [0.1, 0.15) is 5.82 Å². The van der Waals surface area contributed by atoms with Gasteiger partial charge in [0.05, 0.1) is 0 Å². The van der Waals surface area contributed by atoms with Crippen molar-refractivity contribution in [1.82, 2.24) is 9.88 Å². The standard InChI is InChI=1S/C14H22N4/c1-2-15-14-10-11(5-7-16-14)17-12-6-9-18-8-3-4-13(12)18/h5,7,10,12-13H,2-4,6,8-9H2,1H3,(H2,15,16,17). The molecule has 2 fully saturated rings. The molecule has 0 saturated carbocycles. The van der Waals surface area contributed by atoms with Crippen molar-refractivity contribution < 1.29 is 0 Å². The van der Waals surface area contributed by atoms with Crippen LogP contribution in [0.2, 0.25) is 0 Å². The number of hydrogen-bond acceptors (Lipinski definition) is 4. The molecule has 1 aromatic heterocycles. The van der Waals surface area contributed by atoms with Gasteiger partial charge in [-0.1, -0.05) is 0 Å². The van der Waals surface area contributed by atoms with Crippen molar-refractivity contribution in [3.8, 4) is 0 Å². The molecule has 2 aliphatic heterocycles. The first kappa shape index (κ1) is 11.8. The van der Waals surface area contributed by atoms with E-state index < -0.39 is 0 Å². The highest BCUT2D eigenvalue weighted by molar-refractivity contribution is 5.52. The minimum Gasteiger partial charge on any atom is -0.381 e. The van der Waals surface area contributed by atoms with E-state index in [1.807, 2.05) is 6.20 Å². The molecule has 2 saturated heterocycles. The van der Waals surface area contributed by atoms with Crippen LogP contribution in [0.15, 0.2) is 18.3 Å². The maximum Gasteiger partial charge on any atom is 0.127 e. The highest BCUT2D eigenvalue weighted by Crippen LogP contribution is 2.30. The SMILES string of the molecule is CCNc1cc(NC2CCN3CCCC23)ccn1. The van der Waals surface area contributed by atoms with E-state index in [1.165, 1.54) is 38.0 Å². The van der Waals surface area contributed by atoms with Crippen LogP contribution in [0.25, 0.3) is 0 Å². The van der Waals surface area contributed by atoms with Crippen LogP contribution >= 0.6 is 0 Å². The second-order valence-corrected chi connectivity index (χ2v) is 5.25. The zero-order valence-corrected chi connectivity index (χ0v) is 11.0. The summed E-state index contributed by atoms with van der Waals surface area (Å²) in [5.41, 5.74) is 1.19. The Labute approximate surface area is 109 Å². The summed E-state index contributed by atoms with van der Waals surface area (Å²) in [5, 5.41) is 6.95. The number of nitrogens with one attached hydrogen (secondary N) is 2. The number of anilines is 2. The molecule has 0 aliphatic carbocycles. The Morgan fingerprint density at radius 2 is 2.33 bits per heavy atom. The van der Waals surface area contributed by atoms with E-state index in [0.717, 1.165) is 18.4 Å². The van der Waals surface area contributed by atoms with Crippen LogP contribution in [-0.2, 0) is 0 Å². The number of pyridine rings is 1. The third kappa shape index (κ3) is 2.29. The van der Waals surface area contributed by atoms with Gasteiger partial charge in [-0.3, -0.25) is 4.90 Å². The van der Waals surface area contributed by atoms with Crippen molar-refractivity contribution in [2.75, 3.05) is 30.3 Å². The molecule has 2 N–H and O–H groups in total. The Morgan fingerprint density at radius 1 is 1.39 bits per heavy atom. The second-order valence-electron chi connectivity index (χ2n) is 5.25. The fourth-order valence-corrected chi connectivity index (χ4v) is 3.26. The van der Waals surface area contributed by atoms with Crippen LogP contribution in [0, 0.1) is 0 Å². The molecule has 0 aromatic carbocycles. The lowest BCUT2D eigenvalue weighted by molar-refractivity contribution is 0.318. The van der Waals surface area contributed by atoms with E-state index in [2.05, 4.69) is 39.6 Å². The van der Waals surface area contributed by atoms with E-state index >= 15 is 0 Å². The highest BCUT2D eigenvalue weighted by atomic mass is 15.2. The van der Waals surface area contributed by atoms with Crippen LogP contribution in [0.1, 0.15) is 26.2 Å². The molecular weight excluding hydrogens is 224 g/mol. The fraction of sp³-hybridized carbons (Fsp3) is 0.643. The third-order valence-corrected chi connectivity index (χ3v) is 4.08. The van der Waals surface area contributed by atoms with Gasteiger partial charge in [0.15, 0.2) is 0 Å². The third-order valence-electron chi connectivity index (χ3n) is 4.08. The average Bonchev–Trinajstić information content (AvgIpc) is 2.95. The molecule has 4 heteroatoms. The van der Waals surface area contributed by atoms with E-state index in [9.17, 15) is 0 Å². The monoisotopic (exact) mass is 246 g/mol. The molecule has 0 radical (unpaired) electrons. The lowest BCUT2D eigenvalue weighted by atomic mass is 10.1. The summed E-state index contributed by atoms with van der Waals surface area (Å²) in [4.78, 5) is 6.94. The first-order valence-corrected chi connectivity index (χ1v) is 7.07. The van der Waals surface area contributed by atoms with Gasteiger partial charge in [0.25, 0.3) is 0 Å². The Morgan fingerprint density at radius 3 is 3.22 bits per heavy atom. The largest absolute Gasteiger partial charge is 0.381 e. The molecule has 1 aromatic rings. The van der Waals surface area contributed by atoms with Gasteiger partial charge in [-0.05, 0) is 38.8 Å². The summed E-state index contributed by atoms with van der Waals surface area (Å²) in [6.07, 6.45) is 5.86. The molecule has 4 nitrogen and oxygen atoms in total. The predicted octanol–water partition coefficient (Wildman–Crippen LogP) is 2.16. The second kappa shape index (κ2) is 5.14. The van der Waals surface area contributed by atoms with Crippen molar-refractivity contribution in [2.45, 2.75) is 38.3 Å². The highest BCUT2D eigenvalue weighted by Gasteiger charge is 2.36. The molecule has 2 unspecified atom stereocenters. The molecular formula is C14H22N4. The Hall–Kier alpha value is -1.29. The maximum absolute atomic E-state index is 4.31. The van der Waals surface area contributed by atoms with Gasteiger partial charge >= 0.3 is 0 Å². The van der Waals surface area contributed by atoms with Crippen LogP contribution in [0.5, 0.6) is 0 Å². The number of nitrogens with zero attached hydrogens (tertiary/aromatic N) is 2. The molecule has 0 amide bonds. The summed E-state index contributed by atoms with van der Waals surface area (Å²) in [6, 6.07) is 5.55. The zero-order valence-electron chi connectivity index (χ0n) is 11.0. The van der Waals surface area contributed by atoms with E-state index in [-0.39, 0.29) is 0 Å². The van der Waals surface area contributed by atoms with Gasteiger partial charge in [-0.25, -0.2) is 4.98 Å². The van der Waals surface area contributed by atoms with Crippen LogP contribution in [0.4, 0.5) is 11.5 Å². The topological polar surface area (TPSA) is 40.2 Å². The fourth-order valence-electron chi connectivity index (χ4n) is 3.26. The van der Waals surface area contributed by atoms with Gasteiger partial charge in [-0.15, -0.1) is 0 Å². The molecule has 18 heavy (non-hydrogen) atoms. The predicted molar refractivity (Wildman–Crippen MR) is 75.0 cm³/mol. The Kier molecular flexibility index (Phi) is 3.37. The Bertz CT molecular complexity index is 407.